The highest BCUT2D eigenvalue weighted by atomic mass is 19.4. The van der Waals surface area contributed by atoms with Crippen LogP contribution in [0.3, 0.4) is 0 Å². The minimum atomic E-state index is -4.41. The van der Waals surface area contributed by atoms with Crippen LogP contribution >= 0.6 is 0 Å². The molecule has 0 amide bonds. The fourth-order valence-electron chi connectivity index (χ4n) is 1.68. The van der Waals surface area contributed by atoms with Crippen LogP contribution in [0.1, 0.15) is 24.2 Å². The first-order valence-corrected chi connectivity index (χ1v) is 5.17. The fraction of sp³-hybridized carbons (Fsp3) is 0.545. The van der Waals surface area contributed by atoms with E-state index in [1.165, 1.54) is 0 Å². The zero-order valence-electron chi connectivity index (χ0n) is 9.91. The van der Waals surface area contributed by atoms with Gasteiger partial charge in [-0.05, 0) is 19.9 Å². The van der Waals surface area contributed by atoms with Crippen LogP contribution in [0.4, 0.5) is 13.2 Å². The summed E-state index contributed by atoms with van der Waals surface area (Å²) >= 11 is 0. The van der Waals surface area contributed by atoms with E-state index in [0.29, 0.717) is 11.4 Å². The number of hydrogen-bond donors (Lipinski definition) is 0. The molecule has 0 aliphatic carbocycles. The summed E-state index contributed by atoms with van der Waals surface area (Å²) in [6.45, 7) is 3.24. The third-order valence-corrected chi connectivity index (χ3v) is 2.51. The molecule has 0 aromatic carbocycles. The van der Waals surface area contributed by atoms with Crippen LogP contribution in [0, 0.1) is 36.5 Å². The second-order valence-electron chi connectivity index (χ2n) is 4.04. The summed E-state index contributed by atoms with van der Waals surface area (Å²) in [5.74, 6) is 0. The molecule has 0 saturated carbocycles. The van der Waals surface area contributed by atoms with Crippen LogP contribution < -0.4 is 0 Å². The van der Waals surface area contributed by atoms with Crippen molar-refractivity contribution in [3.05, 3.63) is 17.5 Å². The number of alkyl halides is 3. The van der Waals surface area contributed by atoms with Crippen molar-refractivity contribution in [2.45, 2.75) is 38.4 Å². The summed E-state index contributed by atoms with van der Waals surface area (Å²) in [5, 5.41) is 22.0. The Morgan fingerprint density at radius 2 is 1.78 bits per heavy atom. The smallest absolute Gasteiger partial charge is 0.235 e. The molecule has 0 fully saturated rings. The Hall–Kier alpha value is -2.02. The Morgan fingerprint density at radius 3 is 2.11 bits per heavy atom. The predicted octanol–water partition coefficient (Wildman–Crippen LogP) is 2.58. The van der Waals surface area contributed by atoms with Gasteiger partial charge in [0.25, 0.3) is 0 Å². The number of hydrogen-bond acceptors (Lipinski definition) is 3. The lowest BCUT2D eigenvalue weighted by molar-refractivity contribution is -0.137. The van der Waals surface area contributed by atoms with Crippen LogP contribution in [-0.4, -0.2) is 16.0 Å². The Balaban J connectivity index is 3.14. The lowest BCUT2D eigenvalue weighted by atomic mass is 9.96. The molecule has 1 heterocycles. The molecule has 0 atom stereocenters. The zero-order valence-corrected chi connectivity index (χ0v) is 9.91. The van der Waals surface area contributed by atoms with Crippen molar-refractivity contribution < 1.29 is 13.2 Å². The number of nitrogens with zero attached hydrogens (tertiary/aromatic N) is 4. The van der Waals surface area contributed by atoms with Crippen molar-refractivity contribution in [1.29, 1.82) is 10.5 Å². The van der Waals surface area contributed by atoms with E-state index in [0.717, 1.165) is 4.68 Å². The average molecular weight is 256 g/mol. The van der Waals surface area contributed by atoms with Crippen LogP contribution in [0.15, 0.2) is 6.07 Å². The van der Waals surface area contributed by atoms with Gasteiger partial charge in [-0.2, -0.15) is 28.8 Å². The summed E-state index contributed by atoms with van der Waals surface area (Å²) in [6.07, 6.45) is -6.24. The quantitative estimate of drug-likeness (QED) is 0.834. The van der Waals surface area contributed by atoms with E-state index >= 15 is 0 Å². The van der Waals surface area contributed by atoms with Crippen LogP contribution in [-0.2, 0) is 5.54 Å². The molecule has 0 N–H and O–H groups in total. The molecule has 0 unspecified atom stereocenters. The summed E-state index contributed by atoms with van der Waals surface area (Å²) < 4.78 is 37.8. The van der Waals surface area contributed by atoms with E-state index in [-0.39, 0.29) is 0 Å². The van der Waals surface area contributed by atoms with Crippen molar-refractivity contribution in [3.8, 4) is 12.1 Å². The minimum absolute atomic E-state index is 0.484. The average Bonchev–Trinajstić information content (AvgIpc) is 2.60. The van der Waals surface area contributed by atoms with E-state index in [1.54, 1.807) is 32.1 Å². The van der Waals surface area contributed by atoms with Gasteiger partial charge in [0.05, 0.1) is 5.69 Å². The second kappa shape index (κ2) is 4.69. The SMILES string of the molecule is Cc1cc(C)n(C(C#N)(C#N)CCC(F)(F)F)n1. The van der Waals surface area contributed by atoms with Crippen molar-refractivity contribution in [2.75, 3.05) is 0 Å². The summed E-state index contributed by atoms with van der Waals surface area (Å²) in [6, 6.07) is 4.90. The molecule has 0 aliphatic rings. The molecule has 0 bridgehead atoms. The highest BCUT2D eigenvalue weighted by Crippen LogP contribution is 2.30. The molecule has 7 heteroatoms. The number of aryl methyl sites for hydroxylation is 2. The highest BCUT2D eigenvalue weighted by Gasteiger charge is 2.39. The molecule has 1 aromatic heterocycles. The first-order valence-electron chi connectivity index (χ1n) is 5.17. The van der Waals surface area contributed by atoms with Gasteiger partial charge in [0, 0.05) is 18.5 Å². The van der Waals surface area contributed by atoms with Gasteiger partial charge >= 0.3 is 6.18 Å². The molecule has 1 rings (SSSR count). The molecule has 1 aromatic rings. The maximum atomic E-state index is 12.2. The fourth-order valence-corrected chi connectivity index (χ4v) is 1.68. The van der Waals surface area contributed by atoms with Gasteiger partial charge < -0.3 is 0 Å². The molecular weight excluding hydrogens is 245 g/mol. The Labute approximate surface area is 102 Å². The molecule has 0 aliphatic heterocycles. The normalized spacial score (nSPS) is 11.9. The summed E-state index contributed by atoms with van der Waals surface area (Å²) in [4.78, 5) is 0. The lowest BCUT2D eigenvalue weighted by Gasteiger charge is -2.21. The zero-order chi connectivity index (χ0) is 14.0. The summed E-state index contributed by atoms with van der Waals surface area (Å²) in [5.41, 5.74) is -0.874. The minimum Gasteiger partial charge on any atom is -0.235 e. The van der Waals surface area contributed by atoms with Crippen LogP contribution in [0.2, 0.25) is 0 Å². The van der Waals surface area contributed by atoms with Gasteiger partial charge in [0.15, 0.2) is 0 Å². The molecule has 0 saturated heterocycles. The molecule has 0 spiro atoms. The van der Waals surface area contributed by atoms with Gasteiger partial charge in [-0.15, -0.1) is 0 Å². The van der Waals surface area contributed by atoms with Gasteiger partial charge in [0.2, 0.25) is 5.54 Å². The molecule has 4 nitrogen and oxygen atoms in total. The van der Waals surface area contributed by atoms with E-state index in [1.807, 2.05) is 0 Å². The van der Waals surface area contributed by atoms with Crippen molar-refractivity contribution in [2.24, 2.45) is 0 Å². The number of rotatable bonds is 3. The number of nitriles is 2. The van der Waals surface area contributed by atoms with Crippen LogP contribution in [0.25, 0.3) is 0 Å². The second-order valence-corrected chi connectivity index (χ2v) is 4.04. The first-order chi connectivity index (χ1) is 8.24. The molecule has 0 radical (unpaired) electrons. The Morgan fingerprint density at radius 1 is 1.22 bits per heavy atom. The Kier molecular flexibility index (Phi) is 3.66. The Bertz CT molecular complexity index is 502. The van der Waals surface area contributed by atoms with E-state index in [4.69, 9.17) is 10.5 Å². The van der Waals surface area contributed by atoms with E-state index < -0.39 is 24.6 Å². The lowest BCUT2D eigenvalue weighted by Crippen LogP contribution is -2.34. The monoisotopic (exact) mass is 256 g/mol. The van der Waals surface area contributed by atoms with Crippen LogP contribution in [0.5, 0.6) is 0 Å². The number of aromatic nitrogens is 2. The van der Waals surface area contributed by atoms with Crippen molar-refractivity contribution in [3.63, 3.8) is 0 Å². The standard InChI is InChI=1S/C11H11F3N4/c1-8-5-9(2)18(17-8)10(6-15,7-16)3-4-11(12,13)14/h5H,3-4H2,1-2H3. The van der Waals surface area contributed by atoms with E-state index in [2.05, 4.69) is 5.10 Å². The molecular formula is C11H11F3N4. The maximum absolute atomic E-state index is 12.2. The topological polar surface area (TPSA) is 65.4 Å². The van der Waals surface area contributed by atoms with Gasteiger partial charge in [-0.1, -0.05) is 0 Å². The van der Waals surface area contributed by atoms with Gasteiger partial charge in [0.1, 0.15) is 12.1 Å². The number of halogens is 3. The van der Waals surface area contributed by atoms with Gasteiger partial charge in [-0.25, -0.2) is 4.68 Å². The van der Waals surface area contributed by atoms with Gasteiger partial charge in [-0.3, -0.25) is 0 Å². The molecule has 18 heavy (non-hydrogen) atoms. The predicted molar refractivity (Wildman–Crippen MR) is 56.2 cm³/mol. The summed E-state index contributed by atoms with van der Waals surface area (Å²) in [7, 11) is 0. The van der Waals surface area contributed by atoms with Crippen molar-refractivity contribution >= 4 is 0 Å². The largest absolute Gasteiger partial charge is 0.389 e. The third kappa shape index (κ3) is 2.80. The van der Waals surface area contributed by atoms with E-state index in [9.17, 15) is 13.2 Å². The maximum Gasteiger partial charge on any atom is 0.389 e. The third-order valence-electron chi connectivity index (χ3n) is 2.51. The first kappa shape index (κ1) is 14.0. The molecule has 96 valence electrons. The highest BCUT2D eigenvalue weighted by molar-refractivity contribution is 5.23. The van der Waals surface area contributed by atoms with Crippen molar-refractivity contribution in [1.82, 2.24) is 9.78 Å².